The maximum absolute atomic E-state index is 12.7. The molecule has 2 unspecified atom stereocenters. The molecule has 0 heterocycles. The summed E-state index contributed by atoms with van der Waals surface area (Å²) in [5, 5.41) is 11.1. The van der Waals surface area contributed by atoms with Gasteiger partial charge in [0.25, 0.3) is 0 Å². The average Bonchev–Trinajstić information content (AvgIpc) is 2.67. The minimum atomic E-state index is -1.40. The number of nitrogens with two attached hydrogens (primary N) is 1. The second-order valence-electron chi connectivity index (χ2n) is 6.00. The van der Waals surface area contributed by atoms with Crippen molar-refractivity contribution in [2.24, 2.45) is 5.73 Å². The minimum Gasteiger partial charge on any atom is -0.480 e. The normalized spacial score (nSPS) is 13.1. The number of hydrogen-bond acceptors (Lipinski definition) is 4. The highest BCUT2D eigenvalue weighted by atomic mass is 16.5. The molecule has 0 amide bonds. The Balaban J connectivity index is 1.94. The minimum absolute atomic E-state index is 0.0628. The number of carboxylic acid groups (broad SMARTS) is 1. The monoisotopic (exact) mass is 349 g/mol. The predicted octanol–water partition coefficient (Wildman–Crippen LogP) is 3.08. The van der Waals surface area contributed by atoms with Crippen LogP contribution >= 0.6 is 0 Å². The quantitative estimate of drug-likeness (QED) is 0.668. The number of rotatable bonds is 6. The van der Waals surface area contributed by atoms with Gasteiger partial charge in [-0.25, -0.2) is 0 Å². The summed E-state index contributed by atoms with van der Waals surface area (Å²) in [5.41, 5.74) is 7.23. The molecule has 0 radical (unpaired) electrons. The molecule has 26 heavy (non-hydrogen) atoms. The van der Waals surface area contributed by atoms with Crippen molar-refractivity contribution in [3.8, 4) is 0 Å². The first kappa shape index (κ1) is 17.6. The number of aliphatic carboxylic acids is 1. The molecule has 5 heteroatoms. The number of carbonyl (C=O) groups is 2. The van der Waals surface area contributed by atoms with E-state index in [1.54, 1.807) is 12.1 Å². The number of fused-ring (bicyclic) bond motifs is 1. The number of carbonyl (C=O) groups excluding carboxylic acids is 1. The molecular formula is C21H19NO4. The van der Waals surface area contributed by atoms with Crippen molar-refractivity contribution in [2.75, 3.05) is 0 Å². The van der Waals surface area contributed by atoms with Crippen LogP contribution in [-0.4, -0.2) is 23.1 Å². The Morgan fingerprint density at radius 2 is 1.58 bits per heavy atom. The molecule has 3 N–H and O–H groups in total. The number of carboxylic acids is 1. The van der Waals surface area contributed by atoms with Crippen molar-refractivity contribution in [3.63, 3.8) is 0 Å². The number of ether oxygens (including phenoxy) is 1. The van der Waals surface area contributed by atoms with Crippen molar-refractivity contribution in [2.45, 2.75) is 18.6 Å². The molecule has 5 nitrogen and oxygen atoms in total. The molecule has 3 aromatic carbocycles. The summed E-state index contributed by atoms with van der Waals surface area (Å²) in [6.07, 6.45) is 0. The van der Waals surface area contributed by atoms with Crippen molar-refractivity contribution < 1.29 is 19.4 Å². The van der Waals surface area contributed by atoms with Crippen LogP contribution in [0, 0.1) is 0 Å². The van der Waals surface area contributed by atoms with Crippen molar-refractivity contribution in [1.82, 2.24) is 0 Å². The van der Waals surface area contributed by atoms with Gasteiger partial charge in [0.15, 0.2) is 0 Å². The van der Waals surface area contributed by atoms with Crippen LogP contribution in [0.15, 0.2) is 72.8 Å². The van der Waals surface area contributed by atoms with Crippen LogP contribution in [-0.2, 0) is 20.9 Å². The summed E-state index contributed by atoms with van der Waals surface area (Å²) in [5.74, 6) is -3.00. The topological polar surface area (TPSA) is 89.6 Å². The first-order valence-electron chi connectivity index (χ1n) is 8.24. The predicted molar refractivity (Wildman–Crippen MR) is 98.5 cm³/mol. The number of hydrogen-bond donors (Lipinski definition) is 2. The van der Waals surface area contributed by atoms with E-state index in [2.05, 4.69) is 0 Å². The molecule has 0 bridgehead atoms. The molecular weight excluding hydrogens is 330 g/mol. The van der Waals surface area contributed by atoms with Gasteiger partial charge in [-0.05, 0) is 21.9 Å². The zero-order valence-electron chi connectivity index (χ0n) is 14.0. The molecule has 3 aromatic rings. The maximum atomic E-state index is 12.7. The fraction of sp³-hybridized carbons (Fsp3) is 0.143. The van der Waals surface area contributed by atoms with Crippen LogP contribution in [0.4, 0.5) is 0 Å². The van der Waals surface area contributed by atoms with Gasteiger partial charge in [0.05, 0.1) is 0 Å². The van der Waals surface area contributed by atoms with E-state index in [0.717, 1.165) is 16.3 Å². The zero-order valence-corrected chi connectivity index (χ0v) is 14.0. The molecule has 132 valence electrons. The lowest BCUT2D eigenvalue weighted by molar-refractivity contribution is -0.151. The Labute approximate surface area is 151 Å². The highest BCUT2D eigenvalue weighted by Crippen LogP contribution is 2.29. The summed E-state index contributed by atoms with van der Waals surface area (Å²) < 4.78 is 5.38. The van der Waals surface area contributed by atoms with Crippen LogP contribution in [0.3, 0.4) is 0 Å². The van der Waals surface area contributed by atoms with Crippen molar-refractivity contribution >= 4 is 22.7 Å². The van der Waals surface area contributed by atoms with E-state index in [-0.39, 0.29) is 6.61 Å². The van der Waals surface area contributed by atoms with Gasteiger partial charge in [-0.15, -0.1) is 0 Å². The summed E-state index contributed by atoms with van der Waals surface area (Å²) in [6.45, 7) is 0.0628. The molecule has 0 aliphatic heterocycles. The molecule has 0 saturated carbocycles. The van der Waals surface area contributed by atoms with Gasteiger partial charge in [-0.3, -0.25) is 9.59 Å². The van der Waals surface area contributed by atoms with Crippen LogP contribution in [0.2, 0.25) is 0 Å². The third kappa shape index (κ3) is 3.73. The first-order chi connectivity index (χ1) is 12.6. The average molecular weight is 349 g/mol. The van der Waals surface area contributed by atoms with E-state index in [0.29, 0.717) is 5.56 Å². The highest BCUT2D eigenvalue weighted by Gasteiger charge is 2.34. The van der Waals surface area contributed by atoms with Gasteiger partial charge in [0.2, 0.25) is 0 Å². The summed E-state index contributed by atoms with van der Waals surface area (Å²) in [4.78, 5) is 24.2. The van der Waals surface area contributed by atoms with E-state index in [9.17, 15) is 14.7 Å². The van der Waals surface area contributed by atoms with Crippen molar-refractivity contribution in [1.29, 1.82) is 0 Å². The Hall–Kier alpha value is -3.18. The lowest BCUT2D eigenvalue weighted by atomic mass is 9.88. The molecule has 0 spiro atoms. The van der Waals surface area contributed by atoms with Gasteiger partial charge < -0.3 is 15.6 Å². The smallest absolute Gasteiger partial charge is 0.321 e. The van der Waals surface area contributed by atoms with Gasteiger partial charge >= 0.3 is 11.9 Å². The van der Waals surface area contributed by atoms with Gasteiger partial charge in [0, 0.05) is 0 Å². The van der Waals surface area contributed by atoms with Crippen LogP contribution in [0.1, 0.15) is 17.0 Å². The first-order valence-corrected chi connectivity index (χ1v) is 8.24. The van der Waals surface area contributed by atoms with E-state index < -0.39 is 23.9 Å². The molecule has 0 aliphatic rings. The molecule has 0 aliphatic carbocycles. The second kappa shape index (κ2) is 7.80. The lowest BCUT2D eigenvalue weighted by Gasteiger charge is -2.21. The molecule has 0 fully saturated rings. The third-order valence-electron chi connectivity index (χ3n) is 4.28. The van der Waals surface area contributed by atoms with Crippen LogP contribution in [0.5, 0.6) is 0 Å². The third-order valence-corrected chi connectivity index (χ3v) is 4.28. The van der Waals surface area contributed by atoms with Crippen molar-refractivity contribution in [3.05, 3.63) is 83.9 Å². The Kier molecular flexibility index (Phi) is 5.29. The zero-order chi connectivity index (χ0) is 18.5. The van der Waals surface area contributed by atoms with Gasteiger partial charge in [0.1, 0.15) is 18.6 Å². The SMILES string of the molecule is NC(C(=O)O)C(C(=O)OCc1ccccc1)c1cccc2ccccc12. The largest absolute Gasteiger partial charge is 0.480 e. The summed E-state index contributed by atoms with van der Waals surface area (Å²) in [6, 6.07) is 20.7. The van der Waals surface area contributed by atoms with E-state index in [4.69, 9.17) is 10.5 Å². The standard InChI is InChI=1S/C21H19NO4/c22-19(20(23)24)18(21(25)26-13-14-7-2-1-3-8-14)17-12-6-10-15-9-4-5-11-16(15)17/h1-12,18-19H,13,22H2,(H,23,24). The molecule has 2 atom stereocenters. The highest BCUT2D eigenvalue weighted by molar-refractivity contribution is 5.94. The lowest BCUT2D eigenvalue weighted by Crippen LogP contribution is -2.41. The fourth-order valence-electron chi connectivity index (χ4n) is 2.95. The Bertz CT molecular complexity index is 918. The summed E-state index contributed by atoms with van der Waals surface area (Å²) in [7, 11) is 0. The Morgan fingerprint density at radius 1 is 0.923 bits per heavy atom. The number of benzene rings is 3. The van der Waals surface area contributed by atoms with Crippen LogP contribution < -0.4 is 5.73 Å². The number of esters is 1. The molecule has 0 saturated heterocycles. The fourth-order valence-corrected chi connectivity index (χ4v) is 2.95. The Morgan fingerprint density at radius 3 is 2.31 bits per heavy atom. The second-order valence-corrected chi connectivity index (χ2v) is 6.00. The van der Waals surface area contributed by atoms with E-state index in [1.165, 1.54) is 0 Å². The van der Waals surface area contributed by atoms with Gasteiger partial charge in [-0.2, -0.15) is 0 Å². The molecule has 0 aromatic heterocycles. The molecule has 3 rings (SSSR count). The van der Waals surface area contributed by atoms with E-state index >= 15 is 0 Å². The van der Waals surface area contributed by atoms with Crippen LogP contribution in [0.25, 0.3) is 10.8 Å². The van der Waals surface area contributed by atoms with E-state index in [1.807, 2.05) is 60.7 Å². The summed E-state index contributed by atoms with van der Waals surface area (Å²) >= 11 is 0. The van der Waals surface area contributed by atoms with Gasteiger partial charge in [-0.1, -0.05) is 72.8 Å². The maximum Gasteiger partial charge on any atom is 0.321 e.